The van der Waals surface area contributed by atoms with Crippen molar-refractivity contribution in [2.75, 3.05) is 6.54 Å². The third-order valence-electron chi connectivity index (χ3n) is 3.39. The molecule has 1 aromatic heterocycles. The largest absolute Gasteiger partial charge is 0.356 e. The Morgan fingerprint density at radius 2 is 2.16 bits per heavy atom. The second kappa shape index (κ2) is 6.32. The van der Waals surface area contributed by atoms with E-state index in [0.29, 0.717) is 5.92 Å². The number of hydrogen-bond acceptors (Lipinski definition) is 2. The number of rotatable bonds is 5. The highest BCUT2D eigenvalue weighted by atomic mass is 16.1. The topological polar surface area (TPSA) is 42.0 Å². The third kappa shape index (κ3) is 3.78. The molecule has 0 aliphatic heterocycles. The van der Waals surface area contributed by atoms with Gasteiger partial charge in [-0.1, -0.05) is 31.5 Å². The zero-order valence-corrected chi connectivity index (χ0v) is 11.5. The molecule has 1 N–H and O–H groups in total. The van der Waals surface area contributed by atoms with Crippen LogP contribution in [0, 0.1) is 5.92 Å². The first-order valence-corrected chi connectivity index (χ1v) is 6.77. The summed E-state index contributed by atoms with van der Waals surface area (Å²) in [5, 5.41) is 4.07. The molecule has 0 aliphatic rings. The van der Waals surface area contributed by atoms with Crippen LogP contribution in [-0.4, -0.2) is 17.4 Å². The van der Waals surface area contributed by atoms with E-state index in [2.05, 4.69) is 29.4 Å². The third-order valence-corrected chi connectivity index (χ3v) is 3.39. The van der Waals surface area contributed by atoms with Crippen molar-refractivity contribution in [2.45, 2.75) is 26.7 Å². The first-order valence-electron chi connectivity index (χ1n) is 6.77. The molecule has 0 saturated heterocycles. The number of carbonyl (C=O) groups is 1. The lowest BCUT2D eigenvalue weighted by molar-refractivity contribution is -0.119. The minimum atomic E-state index is 0.0371. The van der Waals surface area contributed by atoms with Gasteiger partial charge in [0.25, 0.3) is 0 Å². The average Bonchev–Trinajstić information content (AvgIpc) is 2.43. The van der Waals surface area contributed by atoms with E-state index in [1.54, 1.807) is 6.92 Å². The van der Waals surface area contributed by atoms with Crippen molar-refractivity contribution in [3.63, 3.8) is 0 Å². The van der Waals surface area contributed by atoms with Crippen LogP contribution in [0.1, 0.15) is 25.8 Å². The Kier molecular flexibility index (Phi) is 4.50. The predicted molar refractivity (Wildman–Crippen MR) is 77.9 cm³/mol. The summed E-state index contributed by atoms with van der Waals surface area (Å²) < 4.78 is 0. The Balaban J connectivity index is 2.08. The molecule has 2 rings (SSSR count). The van der Waals surface area contributed by atoms with Crippen molar-refractivity contribution in [1.82, 2.24) is 10.3 Å². The van der Waals surface area contributed by atoms with Crippen molar-refractivity contribution in [1.29, 1.82) is 0 Å². The Morgan fingerprint density at radius 3 is 2.89 bits per heavy atom. The Morgan fingerprint density at radius 1 is 1.37 bits per heavy atom. The van der Waals surface area contributed by atoms with E-state index in [4.69, 9.17) is 0 Å². The standard InChI is InChI=1S/C16H20N2O/c1-3-13(10-17-12(2)19)8-14-9-15-6-4-5-7-16(15)18-11-14/h4-7,9,11,13H,3,8,10H2,1-2H3,(H,17,19). The summed E-state index contributed by atoms with van der Waals surface area (Å²) in [6.07, 6.45) is 3.94. The number of nitrogens with one attached hydrogen (secondary N) is 1. The van der Waals surface area contributed by atoms with Gasteiger partial charge in [0, 0.05) is 25.1 Å². The Labute approximate surface area is 114 Å². The van der Waals surface area contributed by atoms with Gasteiger partial charge in [0.05, 0.1) is 5.52 Å². The predicted octanol–water partition coefficient (Wildman–Crippen LogP) is 2.94. The van der Waals surface area contributed by atoms with E-state index in [9.17, 15) is 4.79 Å². The van der Waals surface area contributed by atoms with E-state index in [1.165, 1.54) is 10.9 Å². The fourth-order valence-corrected chi connectivity index (χ4v) is 2.21. The zero-order valence-electron chi connectivity index (χ0n) is 11.5. The zero-order chi connectivity index (χ0) is 13.7. The van der Waals surface area contributed by atoms with Gasteiger partial charge < -0.3 is 5.32 Å². The molecule has 1 atom stereocenters. The number of amides is 1. The van der Waals surface area contributed by atoms with Crippen molar-refractivity contribution < 1.29 is 4.79 Å². The molecular formula is C16H20N2O. The van der Waals surface area contributed by atoms with Gasteiger partial charge in [-0.3, -0.25) is 9.78 Å². The monoisotopic (exact) mass is 256 g/mol. The van der Waals surface area contributed by atoms with Gasteiger partial charge in [-0.05, 0) is 30.0 Å². The lowest BCUT2D eigenvalue weighted by atomic mass is 9.97. The van der Waals surface area contributed by atoms with E-state index in [-0.39, 0.29) is 5.91 Å². The van der Waals surface area contributed by atoms with Crippen LogP contribution in [0.3, 0.4) is 0 Å². The number of fused-ring (bicyclic) bond motifs is 1. The highest BCUT2D eigenvalue weighted by Gasteiger charge is 2.09. The highest BCUT2D eigenvalue weighted by molar-refractivity contribution is 5.78. The first kappa shape index (κ1) is 13.5. The van der Waals surface area contributed by atoms with Gasteiger partial charge in [0.2, 0.25) is 5.91 Å². The summed E-state index contributed by atoms with van der Waals surface area (Å²) in [6, 6.07) is 10.3. The maximum Gasteiger partial charge on any atom is 0.216 e. The average molecular weight is 256 g/mol. The minimum absolute atomic E-state index is 0.0371. The molecule has 0 aliphatic carbocycles. The molecular weight excluding hydrogens is 236 g/mol. The lowest BCUT2D eigenvalue weighted by Gasteiger charge is -2.15. The molecule has 0 spiro atoms. The van der Waals surface area contributed by atoms with Crippen LogP contribution in [0.2, 0.25) is 0 Å². The minimum Gasteiger partial charge on any atom is -0.356 e. The van der Waals surface area contributed by atoms with Crippen LogP contribution in [0.25, 0.3) is 10.9 Å². The highest BCUT2D eigenvalue weighted by Crippen LogP contribution is 2.16. The molecule has 19 heavy (non-hydrogen) atoms. The molecule has 0 saturated carbocycles. The van der Waals surface area contributed by atoms with Crippen molar-refractivity contribution in [3.05, 3.63) is 42.1 Å². The summed E-state index contributed by atoms with van der Waals surface area (Å²) in [7, 11) is 0. The summed E-state index contributed by atoms with van der Waals surface area (Å²) in [5.41, 5.74) is 2.26. The number of benzene rings is 1. The summed E-state index contributed by atoms with van der Waals surface area (Å²) in [5.74, 6) is 0.502. The molecule has 0 radical (unpaired) electrons. The molecule has 3 nitrogen and oxygen atoms in total. The SMILES string of the molecule is CCC(CNC(C)=O)Cc1cnc2ccccc2c1. The van der Waals surface area contributed by atoms with E-state index in [1.807, 2.05) is 24.4 Å². The maximum atomic E-state index is 11.0. The summed E-state index contributed by atoms with van der Waals surface area (Å²) >= 11 is 0. The maximum absolute atomic E-state index is 11.0. The quantitative estimate of drug-likeness (QED) is 0.893. The smallest absolute Gasteiger partial charge is 0.216 e. The van der Waals surface area contributed by atoms with Crippen LogP contribution >= 0.6 is 0 Å². The van der Waals surface area contributed by atoms with Crippen LogP contribution in [0.15, 0.2) is 36.5 Å². The fraction of sp³-hybridized carbons (Fsp3) is 0.375. The van der Waals surface area contributed by atoms with Crippen LogP contribution in [0.5, 0.6) is 0 Å². The number of hydrogen-bond donors (Lipinski definition) is 1. The van der Waals surface area contributed by atoms with E-state index < -0.39 is 0 Å². The number of carbonyl (C=O) groups excluding carboxylic acids is 1. The molecule has 2 aromatic rings. The molecule has 3 heteroatoms. The van der Waals surface area contributed by atoms with Crippen molar-refractivity contribution in [2.24, 2.45) is 5.92 Å². The Hall–Kier alpha value is -1.90. The molecule has 100 valence electrons. The van der Waals surface area contributed by atoms with Crippen molar-refractivity contribution >= 4 is 16.8 Å². The summed E-state index contributed by atoms with van der Waals surface area (Å²) in [4.78, 5) is 15.4. The molecule has 1 unspecified atom stereocenters. The van der Waals surface area contributed by atoms with Crippen LogP contribution in [-0.2, 0) is 11.2 Å². The van der Waals surface area contributed by atoms with Gasteiger partial charge in [-0.15, -0.1) is 0 Å². The first-order chi connectivity index (χ1) is 9.19. The number of aromatic nitrogens is 1. The van der Waals surface area contributed by atoms with Gasteiger partial charge in [-0.2, -0.15) is 0 Å². The van der Waals surface area contributed by atoms with Gasteiger partial charge in [0.1, 0.15) is 0 Å². The van der Waals surface area contributed by atoms with E-state index >= 15 is 0 Å². The van der Waals surface area contributed by atoms with Crippen molar-refractivity contribution in [3.8, 4) is 0 Å². The molecule has 0 fully saturated rings. The van der Waals surface area contributed by atoms with Gasteiger partial charge in [0.15, 0.2) is 0 Å². The van der Waals surface area contributed by atoms with Crippen LogP contribution < -0.4 is 5.32 Å². The van der Waals surface area contributed by atoms with E-state index in [0.717, 1.165) is 24.9 Å². The normalized spacial score (nSPS) is 12.3. The molecule has 1 heterocycles. The molecule has 1 aromatic carbocycles. The lowest BCUT2D eigenvalue weighted by Crippen LogP contribution is -2.27. The number of pyridine rings is 1. The van der Waals surface area contributed by atoms with Gasteiger partial charge >= 0.3 is 0 Å². The van der Waals surface area contributed by atoms with Crippen LogP contribution in [0.4, 0.5) is 0 Å². The second-order valence-corrected chi connectivity index (χ2v) is 4.95. The summed E-state index contributed by atoms with van der Waals surface area (Å²) in [6.45, 7) is 4.45. The number of nitrogens with zero attached hydrogens (tertiary/aromatic N) is 1. The molecule has 0 bridgehead atoms. The van der Waals surface area contributed by atoms with Gasteiger partial charge in [-0.25, -0.2) is 0 Å². The fourth-order valence-electron chi connectivity index (χ4n) is 2.21. The Bertz CT molecular complexity index is 565. The molecule has 1 amide bonds. The second-order valence-electron chi connectivity index (χ2n) is 4.95. The number of para-hydroxylation sites is 1.